The van der Waals surface area contributed by atoms with E-state index in [2.05, 4.69) is 45.1 Å². The van der Waals surface area contributed by atoms with Crippen LogP contribution in [-0.2, 0) is 6.42 Å². The van der Waals surface area contributed by atoms with Crippen LogP contribution in [0.15, 0.2) is 18.2 Å². The van der Waals surface area contributed by atoms with Gasteiger partial charge < -0.3 is 15.0 Å². The normalized spacial score (nSPS) is 15.8. The summed E-state index contributed by atoms with van der Waals surface area (Å²) in [5.74, 6) is 0.902. The summed E-state index contributed by atoms with van der Waals surface area (Å²) < 4.78 is 5.49. The molecule has 21 heavy (non-hydrogen) atoms. The predicted octanol–water partition coefficient (Wildman–Crippen LogP) is 3.60. The van der Waals surface area contributed by atoms with Gasteiger partial charge in [0.1, 0.15) is 5.75 Å². The second kappa shape index (κ2) is 8.02. The summed E-state index contributed by atoms with van der Waals surface area (Å²) in [5, 5.41) is 4.39. The fraction of sp³-hybridized carbons (Fsp3) is 0.647. The lowest BCUT2D eigenvalue weighted by atomic mass is 9.84. The van der Waals surface area contributed by atoms with Gasteiger partial charge in [0, 0.05) is 16.6 Å². The number of likely N-dealkylation sites (N-methyl/N-ethyl adjacent to an activating group) is 2. The standard InChI is InChI=1S/C17H29ClN2O/c1-7-17(3,20(4)5)16(19-8-2)12-13-11-14(18)9-10-15(13)21-6/h9-11,16,19H,7-8,12H2,1-6H3. The zero-order valence-corrected chi connectivity index (χ0v) is 14.9. The van der Waals surface area contributed by atoms with Crippen molar-refractivity contribution in [1.29, 1.82) is 0 Å². The van der Waals surface area contributed by atoms with Gasteiger partial charge in [0.2, 0.25) is 0 Å². The first-order chi connectivity index (χ1) is 9.88. The van der Waals surface area contributed by atoms with Gasteiger partial charge in [0.25, 0.3) is 0 Å². The number of rotatable bonds is 8. The maximum absolute atomic E-state index is 6.16. The van der Waals surface area contributed by atoms with Crippen molar-refractivity contribution in [3.05, 3.63) is 28.8 Å². The molecular weight excluding hydrogens is 284 g/mol. The molecule has 1 rings (SSSR count). The third kappa shape index (κ3) is 4.35. The van der Waals surface area contributed by atoms with Crippen molar-refractivity contribution >= 4 is 11.6 Å². The highest BCUT2D eigenvalue weighted by molar-refractivity contribution is 6.30. The topological polar surface area (TPSA) is 24.5 Å². The summed E-state index contributed by atoms with van der Waals surface area (Å²) in [5.41, 5.74) is 1.22. The molecule has 0 aromatic heterocycles. The van der Waals surface area contributed by atoms with Crippen LogP contribution in [-0.4, -0.2) is 44.2 Å². The minimum absolute atomic E-state index is 0.0728. The van der Waals surface area contributed by atoms with Gasteiger partial charge in [-0.05, 0) is 64.2 Å². The largest absolute Gasteiger partial charge is 0.496 e. The molecule has 0 amide bonds. The number of nitrogens with one attached hydrogen (secondary N) is 1. The van der Waals surface area contributed by atoms with Crippen LogP contribution in [0.5, 0.6) is 5.75 Å². The van der Waals surface area contributed by atoms with Crippen LogP contribution in [0, 0.1) is 0 Å². The molecule has 0 fully saturated rings. The Balaban J connectivity index is 3.11. The van der Waals surface area contributed by atoms with E-state index < -0.39 is 0 Å². The summed E-state index contributed by atoms with van der Waals surface area (Å²) in [7, 11) is 5.99. The molecular formula is C17H29ClN2O. The van der Waals surface area contributed by atoms with Crippen LogP contribution in [0.4, 0.5) is 0 Å². The fourth-order valence-electron chi connectivity index (χ4n) is 2.76. The smallest absolute Gasteiger partial charge is 0.122 e. The number of benzene rings is 1. The molecule has 1 aromatic rings. The number of nitrogens with zero attached hydrogens (tertiary/aromatic N) is 1. The van der Waals surface area contributed by atoms with Crippen LogP contribution in [0.2, 0.25) is 5.02 Å². The molecule has 0 saturated carbocycles. The van der Waals surface area contributed by atoms with Crippen molar-refractivity contribution in [2.45, 2.75) is 45.2 Å². The molecule has 0 bridgehead atoms. The van der Waals surface area contributed by atoms with Crippen LogP contribution in [0.25, 0.3) is 0 Å². The first kappa shape index (κ1) is 18.3. The number of hydrogen-bond donors (Lipinski definition) is 1. The first-order valence-corrected chi connectivity index (χ1v) is 8.00. The Morgan fingerprint density at radius 2 is 2.00 bits per heavy atom. The molecule has 0 aliphatic heterocycles. The van der Waals surface area contributed by atoms with Gasteiger partial charge in [0.05, 0.1) is 7.11 Å². The van der Waals surface area contributed by atoms with Gasteiger partial charge >= 0.3 is 0 Å². The lowest BCUT2D eigenvalue weighted by Crippen LogP contribution is -2.57. The molecule has 1 N–H and O–H groups in total. The van der Waals surface area contributed by atoms with E-state index in [1.165, 1.54) is 0 Å². The lowest BCUT2D eigenvalue weighted by molar-refractivity contribution is 0.113. The van der Waals surface area contributed by atoms with Crippen molar-refractivity contribution in [2.75, 3.05) is 27.7 Å². The average Bonchev–Trinajstić information content (AvgIpc) is 2.46. The maximum Gasteiger partial charge on any atom is 0.122 e. The molecule has 0 spiro atoms. The predicted molar refractivity (Wildman–Crippen MR) is 91.6 cm³/mol. The van der Waals surface area contributed by atoms with Gasteiger partial charge in [-0.15, -0.1) is 0 Å². The molecule has 120 valence electrons. The second-order valence-corrected chi connectivity index (χ2v) is 6.31. The minimum atomic E-state index is 0.0728. The zero-order chi connectivity index (χ0) is 16.0. The fourth-order valence-corrected chi connectivity index (χ4v) is 2.95. The monoisotopic (exact) mass is 312 g/mol. The molecule has 0 saturated heterocycles. The maximum atomic E-state index is 6.16. The molecule has 2 atom stereocenters. The molecule has 0 heterocycles. The number of ether oxygens (including phenoxy) is 1. The van der Waals surface area contributed by atoms with E-state index in [4.69, 9.17) is 16.3 Å². The van der Waals surface area contributed by atoms with E-state index in [9.17, 15) is 0 Å². The molecule has 0 radical (unpaired) electrons. The molecule has 2 unspecified atom stereocenters. The summed E-state index contributed by atoms with van der Waals surface area (Å²) in [4.78, 5) is 2.30. The van der Waals surface area contributed by atoms with E-state index >= 15 is 0 Å². The Morgan fingerprint density at radius 3 is 2.48 bits per heavy atom. The van der Waals surface area contributed by atoms with Crippen molar-refractivity contribution in [1.82, 2.24) is 10.2 Å². The van der Waals surface area contributed by atoms with Crippen molar-refractivity contribution in [2.24, 2.45) is 0 Å². The van der Waals surface area contributed by atoms with Crippen LogP contribution < -0.4 is 10.1 Å². The van der Waals surface area contributed by atoms with Gasteiger partial charge in [-0.3, -0.25) is 0 Å². The van der Waals surface area contributed by atoms with E-state index in [1.807, 2.05) is 18.2 Å². The lowest BCUT2D eigenvalue weighted by Gasteiger charge is -2.43. The quantitative estimate of drug-likeness (QED) is 0.794. The summed E-state index contributed by atoms with van der Waals surface area (Å²) >= 11 is 6.16. The summed E-state index contributed by atoms with van der Waals surface area (Å²) in [6.45, 7) is 7.63. The number of hydrogen-bond acceptors (Lipinski definition) is 3. The zero-order valence-electron chi connectivity index (χ0n) is 14.2. The highest BCUT2D eigenvalue weighted by atomic mass is 35.5. The van der Waals surface area contributed by atoms with Crippen LogP contribution in [0.1, 0.15) is 32.8 Å². The van der Waals surface area contributed by atoms with E-state index in [0.717, 1.165) is 35.7 Å². The molecule has 1 aromatic carbocycles. The van der Waals surface area contributed by atoms with E-state index in [1.54, 1.807) is 7.11 Å². The highest BCUT2D eigenvalue weighted by Crippen LogP contribution is 2.29. The Bertz CT molecular complexity index is 450. The number of methoxy groups -OCH3 is 1. The third-order valence-electron chi connectivity index (χ3n) is 4.61. The van der Waals surface area contributed by atoms with Crippen molar-refractivity contribution in [3.63, 3.8) is 0 Å². The Kier molecular flexibility index (Phi) is 6.98. The molecule has 0 aliphatic carbocycles. The molecule has 4 heteroatoms. The molecule has 3 nitrogen and oxygen atoms in total. The van der Waals surface area contributed by atoms with Gasteiger partial charge in [-0.2, -0.15) is 0 Å². The summed E-state index contributed by atoms with van der Waals surface area (Å²) in [6.07, 6.45) is 1.96. The van der Waals surface area contributed by atoms with Crippen molar-refractivity contribution in [3.8, 4) is 5.75 Å². The second-order valence-electron chi connectivity index (χ2n) is 5.88. The van der Waals surface area contributed by atoms with Gasteiger partial charge in [-0.1, -0.05) is 25.4 Å². The van der Waals surface area contributed by atoms with Gasteiger partial charge in [0.15, 0.2) is 0 Å². The summed E-state index contributed by atoms with van der Waals surface area (Å²) in [6, 6.07) is 6.16. The minimum Gasteiger partial charge on any atom is -0.496 e. The van der Waals surface area contributed by atoms with E-state index in [-0.39, 0.29) is 5.54 Å². The highest BCUT2D eigenvalue weighted by Gasteiger charge is 2.34. The van der Waals surface area contributed by atoms with Crippen LogP contribution in [0.3, 0.4) is 0 Å². The number of halogens is 1. The van der Waals surface area contributed by atoms with Crippen LogP contribution >= 0.6 is 11.6 Å². The average molecular weight is 313 g/mol. The Hall–Kier alpha value is -0.770. The third-order valence-corrected chi connectivity index (χ3v) is 4.84. The Labute approximate surface area is 134 Å². The van der Waals surface area contributed by atoms with E-state index in [0.29, 0.717) is 6.04 Å². The SMILES string of the molecule is CCNC(Cc1cc(Cl)ccc1OC)C(C)(CC)N(C)C. The van der Waals surface area contributed by atoms with Gasteiger partial charge in [-0.25, -0.2) is 0 Å². The van der Waals surface area contributed by atoms with Crippen molar-refractivity contribution < 1.29 is 4.74 Å². The first-order valence-electron chi connectivity index (χ1n) is 7.62. The Morgan fingerprint density at radius 1 is 1.33 bits per heavy atom. The molecule has 0 aliphatic rings.